The number of alkyl halides is 1. The van der Waals surface area contributed by atoms with E-state index in [4.69, 9.17) is 27.6 Å². The summed E-state index contributed by atoms with van der Waals surface area (Å²) in [7, 11) is 0. The summed E-state index contributed by atoms with van der Waals surface area (Å²) in [6.45, 7) is 0. The molecule has 6 nitrogen and oxygen atoms in total. The highest BCUT2D eigenvalue weighted by Gasteiger charge is 2.25. The molecular weight excluding hydrogens is 538 g/mol. The Kier molecular flexibility index (Phi) is 5.20. The zero-order chi connectivity index (χ0) is 20.8. The number of nitrogens with one attached hydrogen (secondary N) is 2. The Hall–Kier alpha value is -2.10. The van der Waals surface area contributed by atoms with E-state index in [1.165, 1.54) is 0 Å². The third kappa shape index (κ3) is 3.59. The van der Waals surface area contributed by atoms with Gasteiger partial charge in [0.15, 0.2) is 5.42 Å². The second-order valence-corrected chi connectivity index (χ2v) is 9.47. The number of hydrogen-bond acceptors (Lipinski definition) is 4. The van der Waals surface area contributed by atoms with Crippen molar-refractivity contribution in [3.63, 3.8) is 0 Å². The lowest BCUT2D eigenvalue weighted by Crippen LogP contribution is -2.35. The molecule has 1 amide bonds. The molecule has 9 heteroatoms. The van der Waals surface area contributed by atoms with Crippen LogP contribution in [0.25, 0.3) is 29.7 Å². The highest BCUT2D eigenvalue weighted by atomic mass is 127. The van der Waals surface area contributed by atoms with Gasteiger partial charge in [-0.3, -0.25) is 9.89 Å². The zero-order valence-corrected chi connectivity index (χ0v) is 19.1. The van der Waals surface area contributed by atoms with E-state index < -0.39 is 0 Å². The van der Waals surface area contributed by atoms with Gasteiger partial charge in [0.05, 0.1) is 37.3 Å². The number of carbonyl (C=O) groups is 1. The van der Waals surface area contributed by atoms with Crippen molar-refractivity contribution in [1.29, 1.82) is 0 Å². The number of hydrogen-bond donors (Lipinski definition) is 2. The predicted octanol–water partition coefficient (Wildman–Crippen LogP) is 3.99. The number of nitrogens with zero attached hydrogens (tertiary/aromatic N) is 2. The molecule has 0 fully saturated rings. The summed E-state index contributed by atoms with van der Waals surface area (Å²) in [5, 5.41) is 11.8. The van der Waals surface area contributed by atoms with Crippen LogP contribution in [0.1, 0.15) is 28.0 Å². The van der Waals surface area contributed by atoms with E-state index in [-0.39, 0.29) is 15.7 Å². The Bertz CT molecular complexity index is 1290. The fourth-order valence-electron chi connectivity index (χ4n) is 3.64. The lowest BCUT2D eigenvalue weighted by Gasteiger charge is -2.20. The smallest absolute Gasteiger partial charge is 0.231 e. The van der Waals surface area contributed by atoms with Gasteiger partial charge >= 0.3 is 0 Å². The van der Waals surface area contributed by atoms with Crippen LogP contribution >= 0.6 is 45.8 Å². The van der Waals surface area contributed by atoms with Crippen LogP contribution in [0, 0.1) is 5.92 Å². The van der Waals surface area contributed by atoms with Crippen molar-refractivity contribution >= 4 is 69.9 Å². The van der Waals surface area contributed by atoms with Crippen LogP contribution in [0.3, 0.4) is 0 Å². The fourth-order valence-corrected chi connectivity index (χ4v) is 5.17. The number of rotatable bonds is 3. The Labute approximate surface area is 195 Å². The number of amides is 1. The van der Waals surface area contributed by atoms with Crippen LogP contribution < -0.4 is 16.1 Å². The van der Waals surface area contributed by atoms with Gasteiger partial charge in [-0.05, 0) is 30.7 Å². The number of fused-ring (bicyclic) bond motifs is 2. The topological polar surface area (TPSA) is 83.8 Å². The van der Waals surface area contributed by atoms with Crippen LogP contribution in [0.4, 0.5) is 0 Å². The molecule has 5 rings (SSSR count). The quantitative estimate of drug-likeness (QED) is 0.380. The molecule has 2 unspecified atom stereocenters. The van der Waals surface area contributed by atoms with Crippen molar-refractivity contribution in [2.24, 2.45) is 5.92 Å². The maximum Gasteiger partial charge on any atom is 0.231 e. The molecule has 2 aromatic heterocycles. The van der Waals surface area contributed by atoms with Gasteiger partial charge in [0.1, 0.15) is 5.35 Å². The maximum atomic E-state index is 12.9. The fraction of sp³-hybridized carbons (Fsp3) is 0.190. The summed E-state index contributed by atoms with van der Waals surface area (Å²) >= 11 is 14.9. The van der Waals surface area contributed by atoms with Crippen molar-refractivity contribution in [3.8, 4) is 11.5 Å². The molecule has 2 N–H and O–H groups in total. The van der Waals surface area contributed by atoms with Gasteiger partial charge in [0.25, 0.3) is 0 Å². The molecule has 0 saturated heterocycles. The number of H-pyrrole nitrogens is 1. The SMILES string of the molecule is O=C(NC1=Cc2cn[nH]c2C(I)C1)C1C=c2oc(-c3c(Cl)cccc3Cl)nc2=CC1. The van der Waals surface area contributed by atoms with E-state index in [9.17, 15) is 4.79 Å². The minimum atomic E-state index is -0.348. The number of allylic oxidation sites excluding steroid dienone is 1. The van der Waals surface area contributed by atoms with Gasteiger partial charge < -0.3 is 9.73 Å². The summed E-state index contributed by atoms with van der Waals surface area (Å²) in [6.07, 6.45) is 8.73. The molecule has 2 aliphatic rings. The predicted molar refractivity (Wildman–Crippen MR) is 124 cm³/mol. The molecule has 2 aliphatic carbocycles. The third-order valence-electron chi connectivity index (χ3n) is 5.14. The van der Waals surface area contributed by atoms with Crippen molar-refractivity contribution in [3.05, 3.63) is 62.2 Å². The van der Waals surface area contributed by atoms with Crippen LogP contribution in [-0.4, -0.2) is 21.1 Å². The lowest BCUT2D eigenvalue weighted by atomic mass is 9.98. The minimum Gasteiger partial charge on any atom is -0.436 e. The first-order chi connectivity index (χ1) is 14.5. The van der Waals surface area contributed by atoms with Crippen LogP contribution in [-0.2, 0) is 4.79 Å². The van der Waals surface area contributed by atoms with Crippen LogP contribution in [0.15, 0.2) is 34.5 Å². The molecule has 152 valence electrons. The molecule has 0 bridgehead atoms. The van der Waals surface area contributed by atoms with E-state index in [2.05, 4.69) is 43.1 Å². The van der Waals surface area contributed by atoms with Crippen molar-refractivity contribution in [2.75, 3.05) is 0 Å². The molecule has 2 atom stereocenters. The summed E-state index contributed by atoms with van der Waals surface area (Å²) < 4.78 is 6.14. The molecule has 0 radical (unpaired) electrons. The van der Waals surface area contributed by atoms with Gasteiger partial charge in [-0.15, -0.1) is 0 Å². The van der Waals surface area contributed by atoms with Gasteiger partial charge in [-0.1, -0.05) is 57.9 Å². The van der Waals surface area contributed by atoms with Crippen molar-refractivity contribution in [1.82, 2.24) is 20.5 Å². The number of halogens is 3. The second kappa shape index (κ2) is 7.86. The van der Waals surface area contributed by atoms with Gasteiger partial charge in [0.2, 0.25) is 11.8 Å². The Morgan fingerprint density at radius 1 is 1.30 bits per heavy atom. The van der Waals surface area contributed by atoms with Gasteiger partial charge in [0, 0.05) is 17.7 Å². The van der Waals surface area contributed by atoms with Gasteiger partial charge in [-0.25, -0.2) is 4.98 Å². The lowest BCUT2D eigenvalue weighted by molar-refractivity contribution is -0.122. The molecule has 2 heterocycles. The highest BCUT2D eigenvalue weighted by Crippen LogP contribution is 2.36. The summed E-state index contributed by atoms with van der Waals surface area (Å²) in [6, 6.07) is 5.24. The largest absolute Gasteiger partial charge is 0.436 e. The normalized spacial score (nSPS) is 19.8. The van der Waals surface area contributed by atoms with Crippen LogP contribution in [0.5, 0.6) is 0 Å². The van der Waals surface area contributed by atoms with E-state index in [1.807, 2.05) is 12.2 Å². The van der Waals surface area contributed by atoms with Crippen molar-refractivity contribution < 1.29 is 9.21 Å². The average Bonchev–Trinajstić information content (AvgIpc) is 3.34. The summed E-state index contributed by atoms with van der Waals surface area (Å²) in [5.74, 6) is -0.0777. The molecule has 0 spiro atoms. The number of oxazole rings is 1. The van der Waals surface area contributed by atoms with Crippen LogP contribution in [0.2, 0.25) is 10.0 Å². The first-order valence-corrected chi connectivity index (χ1v) is 11.3. The highest BCUT2D eigenvalue weighted by molar-refractivity contribution is 14.1. The monoisotopic (exact) mass is 552 g/mol. The number of aromatic nitrogens is 3. The second-order valence-electron chi connectivity index (χ2n) is 7.15. The summed E-state index contributed by atoms with van der Waals surface area (Å²) in [4.78, 5) is 17.4. The number of aromatic amines is 1. The molecule has 3 aromatic rings. The van der Waals surface area contributed by atoms with Crippen molar-refractivity contribution in [2.45, 2.75) is 16.8 Å². The Balaban J connectivity index is 1.40. The molecule has 1 aromatic carbocycles. The van der Waals surface area contributed by atoms with E-state index in [1.54, 1.807) is 30.5 Å². The minimum absolute atomic E-state index is 0.0765. The molecule has 30 heavy (non-hydrogen) atoms. The first-order valence-electron chi connectivity index (χ1n) is 9.31. The standard InChI is InChI=1S/C21H15Cl2IN4O2/c22-13-2-1-3-14(23)18(13)21-27-16-5-4-10(7-17(16)30-21)20(29)26-12-6-11-9-25-28-19(11)15(24)8-12/h1-3,5-7,9-10,15H,4,8H2,(H,25,28)(H,26,29). The maximum absolute atomic E-state index is 12.9. The van der Waals surface area contributed by atoms with E-state index in [0.717, 1.165) is 23.4 Å². The summed E-state index contributed by atoms with van der Waals surface area (Å²) in [5.41, 5.74) is 4.08. The first kappa shape index (κ1) is 19.8. The number of benzene rings is 1. The molecule has 0 aliphatic heterocycles. The molecular formula is C21H15Cl2IN4O2. The van der Waals surface area contributed by atoms with Gasteiger partial charge in [-0.2, -0.15) is 5.10 Å². The zero-order valence-electron chi connectivity index (χ0n) is 15.5. The Morgan fingerprint density at radius 3 is 2.90 bits per heavy atom. The van der Waals surface area contributed by atoms with E-state index in [0.29, 0.717) is 38.7 Å². The number of carbonyl (C=O) groups excluding carboxylic acids is 1. The third-order valence-corrected chi connectivity index (χ3v) is 6.83. The Morgan fingerprint density at radius 2 is 2.10 bits per heavy atom. The average molecular weight is 553 g/mol. The van der Waals surface area contributed by atoms with E-state index >= 15 is 0 Å². The molecule has 0 saturated carbocycles.